The predicted molar refractivity (Wildman–Crippen MR) is 113 cm³/mol. The van der Waals surface area contributed by atoms with E-state index in [2.05, 4.69) is 67.6 Å². The van der Waals surface area contributed by atoms with Crippen molar-refractivity contribution in [1.82, 2.24) is 5.43 Å². The van der Waals surface area contributed by atoms with Crippen LogP contribution in [0.25, 0.3) is 0 Å². The zero-order valence-electron chi connectivity index (χ0n) is 16.7. The van der Waals surface area contributed by atoms with E-state index >= 15 is 0 Å². The van der Waals surface area contributed by atoms with Gasteiger partial charge in [-0.05, 0) is 74.1 Å². The fraction of sp³-hybridized carbons (Fsp3) is 0.364. The number of benzene rings is 2. The number of carbonyl (C=O) groups is 1. The molecule has 0 saturated carbocycles. The first-order chi connectivity index (χ1) is 12.8. The van der Waals surface area contributed by atoms with E-state index in [1.807, 2.05) is 30.3 Å². The molecule has 0 fully saturated rings. The summed E-state index contributed by atoms with van der Waals surface area (Å²) in [7, 11) is 2.16. The molecule has 2 aromatic rings. The Morgan fingerprint density at radius 1 is 1.26 bits per heavy atom. The van der Waals surface area contributed by atoms with E-state index in [0.717, 1.165) is 23.2 Å². The van der Waals surface area contributed by atoms with Gasteiger partial charge in [0.25, 0.3) is 0 Å². The summed E-state index contributed by atoms with van der Waals surface area (Å²) in [6.45, 7) is 8.92. The highest BCUT2D eigenvalue weighted by molar-refractivity contribution is 5.90. The Morgan fingerprint density at radius 3 is 2.67 bits per heavy atom. The number of carbonyl (C=O) groups excluding carboxylic acids is 1. The average Bonchev–Trinajstić information content (AvgIpc) is 2.61. The maximum atomic E-state index is 11.9. The molecule has 0 spiro atoms. The number of urea groups is 1. The fourth-order valence-electron chi connectivity index (χ4n) is 3.71. The molecule has 5 nitrogen and oxygen atoms in total. The molecule has 142 valence electrons. The standard InChI is InChI=1S/C22H28N4O/c1-15-11-20-19(16(2)13-22(3,4)26(20)5)12-17(15)14-23-25-21(27)24-18-9-7-6-8-10-18/h6-12,14,16H,13H2,1-5H3,(H2,24,25,27)/b23-14+. The van der Waals surface area contributed by atoms with Crippen LogP contribution in [0.4, 0.5) is 16.2 Å². The topological polar surface area (TPSA) is 56.7 Å². The van der Waals surface area contributed by atoms with Crippen LogP contribution in [0.1, 0.15) is 49.8 Å². The number of fused-ring (bicyclic) bond motifs is 1. The number of hydrogen-bond acceptors (Lipinski definition) is 3. The Morgan fingerprint density at radius 2 is 1.96 bits per heavy atom. The van der Waals surface area contributed by atoms with Crippen LogP contribution in [-0.4, -0.2) is 24.8 Å². The average molecular weight is 364 g/mol. The highest BCUT2D eigenvalue weighted by Crippen LogP contribution is 2.43. The number of anilines is 2. The Labute approximate surface area is 161 Å². The predicted octanol–water partition coefficient (Wildman–Crippen LogP) is 4.87. The van der Waals surface area contributed by atoms with Crippen LogP contribution in [0.15, 0.2) is 47.6 Å². The van der Waals surface area contributed by atoms with Crippen molar-refractivity contribution in [3.8, 4) is 0 Å². The van der Waals surface area contributed by atoms with Crippen molar-refractivity contribution < 1.29 is 4.79 Å². The first-order valence-electron chi connectivity index (χ1n) is 9.31. The minimum Gasteiger partial charge on any atom is -0.369 e. The molecule has 0 bridgehead atoms. The van der Waals surface area contributed by atoms with Crippen molar-refractivity contribution in [3.05, 3.63) is 59.2 Å². The minimum absolute atomic E-state index is 0.144. The normalized spacial score (nSPS) is 18.3. The molecular weight excluding hydrogens is 336 g/mol. The Hall–Kier alpha value is -2.82. The third-order valence-electron chi connectivity index (χ3n) is 5.42. The summed E-state index contributed by atoms with van der Waals surface area (Å²) in [5, 5.41) is 6.86. The van der Waals surface area contributed by atoms with Gasteiger partial charge in [0.1, 0.15) is 0 Å². The lowest BCUT2D eigenvalue weighted by molar-refractivity contribution is 0.252. The van der Waals surface area contributed by atoms with Crippen molar-refractivity contribution in [2.75, 3.05) is 17.3 Å². The number of rotatable bonds is 3. The van der Waals surface area contributed by atoms with Crippen LogP contribution in [-0.2, 0) is 0 Å². The number of nitrogens with one attached hydrogen (secondary N) is 2. The van der Waals surface area contributed by atoms with Gasteiger partial charge >= 0.3 is 6.03 Å². The molecule has 3 rings (SSSR count). The van der Waals surface area contributed by atoms with E-state index < -0.39 is 0 Å². The molecule has 5 heteroatoms. The van der Waals surface area contributed by atoms with Gasteiger partial charge < -0.3 is 10.2 Å². The van der Waals surface area contributed by atoms with E-state index in [1.165, 1.54) is 11.3 Å². The summed E-state index contributed by atoms with van der Waals surface area (Å²) < 4.78 is 0. The molecule has 1 unspecified atom stereocenters. The van der Waals surface area contributed by atoms with Gasteiger partial charge in [0.05, 0.1) is 6.21 Å². The van der Waals surface area contributed by atoms with E-state index in [4.69, 9.17) is 0 Å². The first kappa shape index (κ1) is 19.0. The molecule has 0 aliphatic carbocycles. The summed E-state index contributed by atoms with van der Waals surface area (Å²) in [5.74, 6) is 0.480. The summed E-state index contributed by atoms with van der Waals surface area (Å²) in [6, 6.07) is 13.4. The third-order valence-corrected chi connectivity index (χ3v) is 5.42. The number of para-hydroxylation sites is 1. The van der Waals surface area contributed by atoms with E-state index in [-0.39, 0.29) is 11.6 Å². The molecule has 1 atom stereocenters. The SMILES string of the molecule is Cc1cc2c(cc1/C=N/NC(=O)Nc1ccccc1)C(C)CC(C)(C)N2C. The van der Waals surface area contributed by atoms with Crippen LogP contribution in [0.3, 0.4) is 0 Å². The maximum Gasteiger partial charge on any atom is 0.339 e. The first-order valence-corrected chi connectivity index (χ1v) is 9.31. The van der Waals surface area contributed by atoms with Gasteiger partial charge in [-0.1, -0.05) is 25.1 Å². The Bertz CT molecular complexity index is 858. The van der Waals surface area contributed by atoms with Gasteiger partial charge in [-0.3, -0.25) is 0 Å². The quantitative estimate of drug-likeness (QED) is 0.603. The monoisotopic (exact) mass is 364 g/mol. The van der Waals surface area contributed by atoms with Crippen molar-refractivity contribution in [2.24, 2.45) is 5.10 Å². The molecule has 27 heavy (non-hydrogen) atoms. The van der Waals surface area contributed by atoms with E-state index in [0.29, 0.717) is 5.92 Å². The zero-order chi connectivity index (χ0) is 19.6. The van der Waals surface area contributed by atoms with Crippen LogP contribution < -0.4 is 15.6 Å². The number of hydrazone groups is 1. The molecule has 0 aromatic heterocycles. The molecule has 2 amide bonds. The second kappa shape index (κ2) is 7.43. The summed E-state index contributed by atoms with van der Waals surface area (Å²) in [5.41, 5.74) is 8.18. The third kappa shape index (κ3) is 4.13. The van der Waals surface area contributed by atoms with Crippen molar-refractivity contribution in [3.63, 3.8) is 0 Å². The highest BCUT2D eigenvalue weighted by atomic mass is 16.2. The number of aryl methyl sites for hydroxylation is 1. The fourth-order valence-corrected chi connectivity index (χ4v) is 3.71. The molecule has 0 radical (unpaired) electrons. The van der Waals surface area contributed by atoms with Gasteiger partial charge in [-0.2, -0.15) is 5.10 Å². The molecule has 2 aromatic carbocycles. The Balaban J connectivity index is 1.73. The van der Waals surface area contributed by atoms with Crippen LogP contribution in [0, 0.1) is 6.92 Å². The largest absolute Gasteiger partial charge is 0.369 e. The molecule has 0 saturated heterocycles. The van der Waals surface area contributed by atoms with Gasteiger partial charge in [-0.15, -0.1) is 0 Å². The molecular formula is C22H28N4O. The highest BCUT2D eigenvalue weighted by Gasteiger charge is 2.34. The summed E-state index contributed by atoms with van der Waals surface area (Å²) in [6.07, 6.45) is 2.82. The molecule has 1 aliphatic rings. The summed E-state index contributed by atoms with van der Waals surface area (Å²) >= 11 is 0. The minimum atomic E-state index is -0.358. The van der Waals surface area contributed by atoms with Gasteiger partial charge in [-0.25, -0.2) is 10.2 Å². The van der Waals surface area contributed by atoms with Crippen molar-refractivity contribution in [1.29, 1.82) is 0 Å². The lowest BCUT2D eigenvalue weighted by atomic mass is 9.79. The van der Waals surface area contributed by atoms with Gasteiger partial charge in [0, 0.05) is 24.0 Å². The molecule has 2 N–H and O–H groups in total. The van der Waals surface area contributed by atoms with E-state index in [9.17, 15) is 4.79 Å². The van der Waals surface area contributed by atoms with Gasteiger partial charge in [0.2, 0.25) is 0 Å². The molecule has 1 heterocycles. The smallest absolute Gasteiger partial charge is 0.339 e. The lowest BCUT2D eigenvalue weighted by Crippen LogP contribution is -2.45. The molecule has 1 aliphatic heterocycles. The van der Waals surface area contributed by atoms with Crippen LogP contribution in [0.5, 0.6) is 0 Å². The van der Waals surface area contributed by atoms with Crippen LogP contribution >= 0.6 is 0 Å². The second-order valence-corrected chi connectivity index (χ2v) is 7.93. The van der Waals surface area contributed by atoms with Crippen LogP contribution in [0.2, 0.25) is 0 Å². The number of amides is 2. The van der Waals surface area contributed by atoms with E-state index in [1.54, 1.807) is 6.21 Å². The van der Waals surface area contributed by atoms with Crippen molar-refractivity contribution in [2.45, 2.75) is 45.6 Å². The second-order valence-electron chi connectivity index (χ2n) is 7.93. The number of nitrogens with zero attached hydrogens (tertiary/aromatic N) is 2. The summed E-state index contributed by atoms with van der Waals surface area (Å²) in [4.78, 5) is 14.3. The number of hydrogen-bond donors (Lipinski definition) is 2. The van der Waals surface area contributed by atoms with Gasteiger partial charge in [0.15, 0.2) is 0 Å². The maximum absolute atomic E-state index is 11.9. The Kier molecular flexibility index (Phi) is 5.22. The zero-order valence-corrected chi connectivity index (χ0v) is 16.7. The lowest BCUT2D eigenvalue weighted by Gasteiger charge is -2.45. The van der Waals surface area contributed by atoms with Crippen molar-refractivity contribution >= 4 is 23.6 Å².